The summed E-state index contributed by atoms with van der Waals surface area (Å²) in [5, 5.41) is 5.25. The van der Waals surface area contributed by atoms with Crippen molar-refractivity contribution in [1.82, 2.24) is 5.32 Å². The molecule has 1 aromatic rings. The van der Waals surface area contributed by atoms with Crippen LogP contribution in [0.1, 0.15) is 24.8 Å². The molecule has 1 aromatic carbocycles. The Morgan fingerprint density at radius 2 is 2.00 bits per heavy atom. The van der Waals surface area contributed by atoms with E-state index in [9.17, 15) is 22.4 Å². The van der Waals surface area contributed by atoms with Crippen LogP contribution in [-0.4, -0.2) is 18.5 Å². The highest BCUT2D eigenvalue weighted by Crippen LogP contribution is 2.31. The van der Waals surface area contributed by atoms with Crippen LogP contribution >= 0.6 is 0 Å². The van der Waals surface area contributed by atoms with Gasteiger partial charge in [-0.3, -0.25) is 4.79 Å². The van der Waals surface area contributed by atoms with Crippen LogP contribution in [0.15, 0.2) is 18.2 Å². The van der Waals surface area contributed by atoms with Crippen LogP contribution < -0.4 is 10.6 Å². The maximum absolute atomic E-state index is 13.4. The summed E-state index contributed by atoms with van der Waals surface area (Å²) in [6.07, 6.45) is -2.33. The molecule has 110 valence electrons. The molecule has 0 radical (unpaired) electrons. The first kappa shape index (κ1) is 14.8. The molecule has 0 unspecified atom stereocenters. The van der Waals surface area contributed by atoms with Crippen molar-refractivity contribution in [3.05, 3.63) is 29.6 Å². The number of carbonyl (C=O) groups excluding carboxylic acids is 1. The lowest BCUT2D eigenvalue weighted by Crippen LogP contribution is -2.23. The monoisotopic (exact) mass is 290 g/mol. The van der Waals surface area contributed by atoms with E-state index in [4.69, 9.17) is 0 Å². The summed E-state index contributed by atoms with van der Waals surface area (Å²) >= 11 is 0. The highest BCUT2D eigenvalue weighted by Gasteiger charge is 2.31. The van der Waals surface area contributed by atoms with Gasteiger partial charge in [0, 0.05) is 19.0 Å². The fourth-order valence-corrected chi connectivity index (χ4v) is 1.69. The van der Waals surface area contributed by atoms with Gasteiger partial charge in [-0.2, -0.15) is 13.2 Å². The van der Waals surface area contributed by atoms with Crippen molar-refractivity contribution >= 4 is 11.6 Å². The molecule has 20 heavy (non-hydrogen) atoms. The summed E-state index contributed by atoms with van der Waals surface area (Å²) < 4.78 is 50.9. The van der Waals surface area contributed by atoms with Crippen molar-refractivity contribution in [3.63, 3.8) is 0 Å². The predicted octanol–water partition coefficient (Wildman–Crippen LogP) is 2.93. The molecule has 0 saturated heterocycles. The van der Waals surface area contributed by atoms with E-state index in [0.717, 1.165) is 12.8 Å². The van der Waals surface area contributed by atoms with Gasteiger partial charge in [0.2, 0.25) is 5.91 Å². The fourth-order valence-electron chi connectivity index (χ4n) is 1.69. The van der Waals surface area contributed by atoms with Gasteiger partial charge in [0.15, 0.2) is 0 Å². The lowest BCUT2D eigenvalue weighted by atomic mass is 10.2. The first-order chi connectivity index (χ1) is 9.36. The topological polar surface area (TPSA) is 41.1 Å². The predicted molar refractivity (Wildman–Crippen MR) is 65.7 cm³/mol. The second-order valence-electron chi connectivity index (χ2n) is 4.72. The van der Waals surface area contributed by atoms with Gasteiger partial charge < -0.3 is 10.6 Å². The van der Waals surface area contributed by atoms with Crippen molar-refractivity contribution in [2.45, 2.75) is 31.5 Å². The molecule has 0 spiro atoms. The minimum absolute atomic E-state index is 0.0895. The van der Waals surface area contributed by atoms with E-state index in [2.05, 4.69) is 10.6 Å². The summed E-state index contributed by atoms with van der Waals surface area (Å²) in [6.45, 7) is 0.428. The molecular weight excluding hydrogens is 276 g/mol. The lowest BCUT2D eigenvalue weighted by molar-refractivity contribution is -0.137. The van der Waals surface area contributed by atoms with Crippen molar-refractivity contribution in [2.75, 3.05) is 11.9 Å². The van der Waals surface area contributed by atoms with E-state index in [0.29, 0.717) is 30.8 Å². The minimum Gasteiger partial charge on any atom is -0.324 e. The molecule has 2 N–H and O–H groups in total. The minimum atomic E-state index is -4.57. The highest BCUT2D eigenvalue weighted by atomic mass is 19.4. The SMILES string of the molecule is O=C(CCNC1CC1)Nc1cc(C(F)(F)F)ccc1F. The number of hydrogen-bond acceptors (Lipinski definition) is 2. The van der Waals surface area contributed by atoms with Crippen molar-refractivity contribution in [2.24, 2.45) is 0 Å². The summed E-state index contributed by atoms with van der Waals surface area (Å²) in [6, 6.07) is 2.37. The van der Waals surface area contributed by atoms with Gasteiger partial charge in [-0.15, -0.1) is 0 Å². The summed E-state index contributed by atoms with van der Waals surface area (Å²) in [5.41, 5.74) is -1.44. The molecule has 0 aromatic heterocycles. The van der Waals surface area contributed by atoms with Crippen LogP contribution in [0.3, 0.4) is 0 Å². The quantitative estimate of drug-likeness (QED) is 0.819. The molecule has 0 heterocycles. The van der Waals surface area contributed by atoms with Crippen LogP contribution in [-0.2, 0) is 11.0 Å². The Morgan fingerprint density at radius 1 is 1.30 bits per heavy atom. The third-order valence-corrected chi connectivity index (χ3v) is 2.93. The number of carbonyl (C=O) groups is 1. The summed E-state index contributed by atoms with van der Waals surface area (Å²) in [4.78, 5) is 11.5. The first-order valence-electron chi connectivity index (χ1n) is 6.26. The normalized spacial score (nSPS) is 15.2. The molecule has 1 aliphatic carbocycles. The Hall–Kier alpha value is -1.63. The van der Waals surface area contributed by atoms with Crippen LogP contribution in [0.25, 0.3) is 0 Å². The summed E-state index contributed by atoms with van der Waals surface area (Å²) in [5.74, 6) is -1.40. The van der Waals surface area contributed by atoms with E-state index in [1.54, 1.807) is 0 Å². The standard InChI is InChI=1S/C13H14F4N2O/c14-10-4-1-8(13(15,16)17)7-11(10)19-12(20)5-6-18-9-2-3-9/h1,4,7,9,18H,2-3,5-6H2,(H,19,20). The number of halogens is 4. The molecule has 2 rings (SSSR count). The second kappa shape index (κ2) is 5.78. The van der Waals surface area contributed by atoms with Crippen molar-refractivity contribution < 1.29 is 22.4 Å². The van der Waals surface area contributed by atoms with Gasteiger partial charge in [-0.25, -0.2) is 4.39 Å². The maximum Gasteiger partial charge on any atom is 0.416 e. The van der Waals surface area contributed by atoms with Crippen molar-refractivity contribution in [3.8, 4) is 0 Å². The number of amides is 1. The zero-order chi connectivity index (χ0) is 14.8. The van der Waals surface area contributed by atoms with E-state index in [1.807, 2.05) is 0 Å². The Labute approximate surface area is 113 Å². The lowest BCUT2D eigenvalue weighted by Gasteiger charge is -2.11. The number of benzene rings is 1. The second-order valence-corrected chi connectivity index (χ2v) is 4.72. The molecule has 0 atom stereocenters. The van der Waals surface area contributed by atoms with Crippen LogP contribution in [0.2, 0.25) is 0 Å². The van der Waals surface area contributed by atoms with Gasteiger partial charge in [-0.1, -0.05) is 0 Å². The number of alkyl halides is 3. The number of anilines is 1. The molecule has 7 heteroatoms. The van der Waals surface area contributed by atoms with Gasteiger partial charge in [0.25, 0.3) is 0 Å². The first-order valence-corrected chi connectivity index (χ1v) is 6.26. The Morgan fingerprint density at radius 3 is 2.60 bits per heavy atom. The van der Waals surface area contributed by atoms with Gasteiger partial charge >= 0.3 is 6.18 Å². The van der Waals surface area contributed by atoms with E-state index in [-0.39, 0.29) is 6.42 Å². The van der Waals surface area contributed by atoms with E-state index in [1.165, 1.54) is 0 Å². The molecule has 3 nitrogen and oxygen atoms in total. The Balaban J connectivity index is 1.94. The molecule has 1 aliphatic rings. The Bertz CT molecular complexity index is 498. The van der Waals surface area contributed by atoms with Gasteiger partial charge in [0.1, 0.15) is 5.82 Å². The molecular formula is C13H14F4N2O. The van der Waals surface area contributed by atoms with Crippen molar-refractivity contribution in [1.29, 1.82) is 0 Å². The van der Waals surface area contributed by atoms with Crippen LogP contribution in [0.4, 0.5) is 23.2 Å². The zero-order valence-corrected chi connectivity index (χ0v) is 10.6. The third-order valence-electron chi connectivity index (χ3n) is 2.93. The highest BCUT2D eigenvalue weighted by molar-refractivity contribution is 5.91. The molecule has 1 amide bonds. The molecule has 0 bridgehead atoms. The van der Waals surface area contributed by atoms with Gasteiger partial charge in [-0.05, 0) is 31.0 Å². The number of rotatable bonds is 5. The molecule has 1 saturated carbocycles. The number of nitrogens with one attached hydrogen (secondary N) is 2. The van der Waals surface area contributed by atoms with E-state index < -0.39 is 29.2 Å². The molecule has 1 fully saturated rings. The van der Waals surface area contributed by atoms with Crippen LogP contribution in [0.5, 0.6) is 0 Å². The zero-order valence-electron chi connectivity index (χ0n) is 10.6. The summed E-state index contributed by atoms with van der Waals surface area (Å²) in [7, 11) is 0. The van der Waals surface area contributed by atoms with E-state index >= 15 is 0 Å². The van der Waals surface area contributed by atoms with Crippen LogP contribution in [0, 0.1) is 5.82 Å². The smallest absolute Gasteiger partial charge is 0.324 e. The largest absolute Gasteiger partial charge is 0.416 e. The average molecular weight is 290 g/mol. The maximum atomic E-state index is 13.4. The fraction of sp³-hybridized carbons (Fsp3) is 0.462. The van der Waals surface area contributed by atoms with Gasteiger partial charge in [0.05, 0.1) is 11.3 Å². The molecule has 0 aliphatic heterocycles. The Kier molecular flexibility index (Phi) is 4.27. The number of hydrogen-bond donors (Lipinski definition) is 2. The third kappa shape index (κ3) is 4.19. The average Bonchev–Trinajstić information content (AvgIpc) is 3.14.